The fourth-order valence-electron chi connectivity index (χ4n) is 2.25. The molecule has 0 heterocycles. The van der Waals surface area contributed by atoms with Gasteiger partial charge in [0.25, 0.3) is 5.91 Å². The molecule has 0 saturated heterocycles. The molecular formula is C20H24ClNO3. The van der Waals surface area contributed by atoms with Gasteiger partial charge in [-0.1, -0.05) is 29.8 Å². The number of carbonyl (C=O) groups is 1. The molecule has 0 spiro atoms. The Morgan fingerprint density at radius 2 is 1.92 bits per heavy atom. The number of ether oxygens (including phenoxy) is 2. The minimum atomic E-state index is -0.575. The molecule has 0 fully saturated rings. The second kappa shape index (κ2) is 8.77. The van der Waals surface area contributed by atoms with E-state index in [1.807, 2.05) is 51.1 Å². The van der Waals surface area contributed by atoms with E-state index in [-0.39, 0.29) is 5.91 Å². The van der Waals surface area contributed by atoms with Crippen LogP contribution in [0.4, 0.5) is 0 Å². The van der Waals surface area contributed by atoms with Crippen molar-refractivity contribution in [2.75, 3.05) is 13.2 Å². The molecule has 0 bridgehead atoms. The topological polar surface area (TPSA) is 47.6 Å². The highest BCUT2D eigenvalue weighted by molar-refractivity contribution is 6.31. The van der Waals surface area contributed by atoms with E-state index in [1.54, 1.807) is 13.0 Å². The number of benzene rings is 2. The number of hydrogen-bond acceptors (Lipinski definition) is 3. The van der Waals surface area contributed by atoms with Crippen LogP contribution in [-0.4, -0.2) is 25.2 Å². The van der Waals surface area contributed by atoms with Gasteiger partial charge in [-0.3, -0.25) is 4.79 Å². The third-order valence-electron chi connectivity index (χ3n) is 4.04. The van der Waals surface area contributed by atoms with Gasteiger partial charge in [0.05, 0.1) is 6.54 Å². The number of rotatable bonds is 7. The van der Waals surface area contributed by atoms with Crippen molar-refractivity contribution < 1.29 is 14.3 Å². The van der Waals surface area contributed by atoms with Gasteiger partial charge < -0.3 is 14.8 Å². The van der Waals surface area contributed by atoms with E-state index in [4.69, 9.17) is 21.1 Å². The predicted octanol–water partition coefficient (Wildman–Crippen LogP) is 4.23. The molecule has 1 N–H and O–H groups in total. The summed E-state index contributed by atoms with van der Waals surface area (Å²) in [5, 5.41) is 3.48. The normalized spacial score (nSPS) is 11.7. The summed E-state index contributed by atoms with van der Waals surface area (Å²) in [7, 11) is 0. The molecule has 0 unspecified atom stereocenters. The standard InChI is InChI=1S/C20H24ClNO3/c1-13-6-5-7-19(15(13)3)25-16(4)20(23)22-10-11-24-17-9-8-14(2)18(21)12-17/h5-9,12,16H,10-11H2,1-4H3,(H,22,23)/t16-/m1/s1. The molecule has 0 aromatic heterocycles. The molecule has 25 heavy (non-hydrogen) atoms. The van der Waals surface area contributed by atoms with Crippen LogP contribution in [0.1, 0.15) is 23.6 Å². The highest BCUT2D eigenvalue weighted by Gasteiger charge is 2.15. The van der Waals surface area contributed by atoms with E-state index in [2.05, 4.69) is 5.32 Å². The first-order chi connectivity index (χ1) is 11.9. The van der Waals surface area contributed by atoms with Crippen molar-refractivity contribution in [2.45, 2.75) is 33.8 Å². The second-order valence-corrected chi connectivity index (χ2v) is 6.42. The molecule has 134 valence electrons. The van der Waals surface area contributed by atoms with Gasteiger partial charge in [-0.05, 0) is 62.6 Å². The highest BCUT2D eigenvalue weighted by atomic mass is 35.5. The molecule has 0 radical (unpaired) electrons. The van der Waals surface area contributed by atoms with Gasteiger partial charge in [-0.2, -0.15) is 0 Å². The minimum Gasteiger partial charge on any atom is -0.492 e. The summed E-state index contributed by atoms with van der Waals surface area (Å²) >= 11 is 6.05. The Bertz CT molecular complexity index is 746. The lowest BCUT2D eigenvalue weighted by Gasteiger charge is -2.17. The zero-order chi connectivity index (χ0) is 18.4. The summed E-state index contributed by atoms with van der Waals surface area (Å²) in [5.74, 6) is 1.24. The zero-order valence-corrected chi connectivity index (χ0v) is 15.8. The Balaban J connectivity index is 1.77. The van der Waals surface area contributed by atoms with Gasteiger partial charge in [-0.25, -0.2) is 0 Å². The first-order valence-corrected chi connectivity index (χ1v) is 8.66. The number of aryl methyl sites for hydroxylation is 2. The van der Waals surface area contributed by atoms with Crippen LogP contribution in [0, 0.1) is 20.8 Å². The molecule has 0 aliphatic heterocycles. The summed E-state index contributed by atoms with van der Waals surface area (Å²) in [5.41, 5.74) is 3.18. The molecule has 2 aromatic carbocycles. The quantitative estimate of drug-likeness (QED) is 0.751. The summed E-state index contributed by atoms with van der Waals surface area (Å²) in [6, 6.07) is 11.3. The maximum atomic E-state index is 12.1. The largest absolute Gasteiger partial charge is 0.492 e. The Morgan fingerprint density at radius 3 is 2.64 bits per heavy atom. The Labute approximate surface area is 154 Å². The maximum Gasteiger partial charge on any atom is 0.260 e. The molecule has 0 aliphatic rings. The van der Waals surface area contributed by atoms with Gasteiger partial charge in [0.2, 0.25) is 0 Å². The van der Waals surface area contributed by atoms with Crippen LogP contribution in [0.5, 0.6) is 11.5 Å². The molecule has 0 saturated carbocycles. The molecule has 2 aromatic rings. The summed E-state index contributed by atoms with van der Waals surface area (Å²) in [6.45, 7) is 8.42. The van der Waals surface area contributed by atoms with E-state index in [9.17, 15) is 4.79 Å². The number of amides is 1. The zero-order valence-electron chi connectivity index (χ0n) is 15.1. The van der Waals surface area contributed by atoms with E-state index >= 15 is 0 Å². The average Bonchev–Trinajstić information content (AvgIpc) is 2.58. The van der Waals surface area contributed by atoms with Crippen LogP contribution in [0.2, 0.25) is 5.02 Å². The number of hydrogen-bond donors (Lipinski definition) is 1. The van der Waals surface area contributed by atoms with Crippen molar-refractivity contribution in [2.24, 2.45) is 0 Å². The van der Waals surface area contributed by atoms with Crippen molar-refractivity contribution >= 4 is 17.5 Å². The molecule has 1 atom stereocenters. The van der Waals surface area contributed by atoms with Crippen LogP contribution in [-0.2, 0) is 4.79 Å². The lowest BCUT2D eigenvalue weighted by atomic mass is 10.1. The molecular weight excluding hydrogens is 338 g/mol. The van der Waals surface area contributed by atoms with E-state index in [0.717, 1.165) is 22.4 Å². The fraction of sp³-hybridized carbons (Fsp3) is 0.350. The first-order valence-electron chi connectivity index (χ1n) is 8.28. The maximum absolute atomic E-state index is 12.1. The Kier molecular flexibility index (Phi) is 6.71. The van der Waals surface area contributed by atoms with Crippen molar-refractivity contribution in [3.63, 3.8) is 0 Å². The number of nitrogens with one attached hydrogen (secondary N) is 1. The van der Waals surface area contributed by atoms with Crippen LogP contribution in [0.25, 0.3) is 0 Å². The summed E-state index contributed by atoms with van der Waals surface area (Å²) in [4.78, 5) is 12.1. The van der Waals surface area contributed by atoms with E-state index in [1.165, 1.54) is 0 Å². The van der Waals surface area contributed by atoms with Crippen LogP contribution >= 0.6 is 11.6 Å². The van der Waals surface area contributed by atoms with Gasteiger partial charge in [0.1, 0.15) is 18.1 Å². The smallest absolute Gasteiger partial charge is 0.260 e. The molecule has 2 rings (SSSR count). The van der Waals surface area contributed by atoms with E-state index < -0.39 is 6.10 Å². The monoisotopic (exact) mass is 361 g/mol. The van der Waals surface area contributed by atoms with Crippen LogP contribution in [0.15, 0.2) is 36.4 Å². The van der Waals surface area contributed by atoms with Crippen LogP contribution < -0.4 is 14.8 Å². The van der Waals surface area contributed by atoms with Gasteiger partial charge >= 0.3 is 0 Å². The molecule has 0 aliphatic carbocycles. The highest BCUT2D eigenvalue weighted by Crippen LogP contribution is 2.22. The SMILES string of the molecule is Cc1ccc(OCCNC(=O)[C@@H](C)Oc2cccc(C)c2C)cc1Cl. The van der Waals surface area contributed by atoms with Crippen molar-refractivity contribution in [3.8, 4) is 11.5 Å². The van der Waals surface area contributed by atoms with Gasteiger partial charge in [-0.15, -0.1) is 0 Å². The third-order valence-corrected chi connectivity index (χ3v) is 4.45. The number of halogens is 1. The van der Waals surface area contributed by atoms with Crippen molar-refractivity contribution in [3.05, 3.63) is 58.1 Å². The molecule has 1 amide bonds. The summed E-state index contributed by atoms with van der Waals surface area (Å²) < 4.78 is 11.3. The molecule has 4 nitrogen and oxygen atoms in total. The number of carbonyl (C=O) groups excluding carboxylic acids is 1. The van der Waals surface area contributed by atoms with Crippen molar-refractivity contribution in [1.29, 1.82) is 0 Å². The Morgan fingerprint density at radius 1 is 1.16 bits per heavy atom. The fourth-order valence-corrected chi connectivity index (χ4v) is 2.42. The minimum absolute atomic E-state index is 0.175. The van der Waals surface area contributed by atoms with Gasteiger partial charge in [0, 0.05) is 5.02 Å². The third kappa shape index (κ3) is 5.40. The first kappa shape index (κ1) is 19.1. The second-order valence-electron chi connectivity index (χ2n) is 6.01. The average molecular weight is 362 g/mol. The summed E-state index contributed by atoms with van der Waals surface area (Å²) in [6.07, 6.45) is -0.575. The van der Waals surface area contributed by atoms with Crippen LogP contribution in [0.3, 0.4) is 0 Å². The molecule has 5 heteroatoms. The predicted molar refractivity (Wildman–Crippen MR) is 101 cm³/mol. The lowest BCUT2D eigenvalue weighted by molar-refractivity contribution is -0.127. The Hall–Kier alpha value is -2.20. The lowest BCUT2D eigenvalue weighted by Crippen LogP contribution is -2.38. The van der Waals surface area contributed by atoms with Crippen molar-refractivity contribution in [1.82, 2.24) is 5.32 Å². The van der Waals surface area contributed by atoms with Gasteiger partial charge in [0.15, 0.2) is 6.10 Å². The van der Waals surface area contributed by atoms with E-state index in [0.29, 0.717) is 23.9 Å².